The van der Waals surface area contributed by atoms with Crippen molar-refractivity contribution in [1.29, 1.82) is 0 Å². The Hall–Kier alpha value is -0.940. The number of nitrogens with zero attached hydrogens (tertiary/aromatic N) is 3. The Kier molecular flexibility index (Phi) is 4.58. The van der Waals surface area contributed by atoms with E-state index in [-0.39, 0.29) is 0 Å². The fraction of sp³-hybridized carbons (Fsp3) is 0.857. The number of hydrogen-bond donors (Lipinski definition) is 1. The van der Waals surface area contributed by atoms with Crippen molar-refractivity contribution < 1.29 is 4.74 Å². The van der Waals surface area contributed by atoms with Crippen LogP contribution in [0.25, 0.3) is 0 Å². The highest BCUT2D eigenvalue weighted by Gasteiger charge is 2.21. The zero-order valence-electron chi connectivity index (χ0n) is 12.6. The smallest absolute Gasteiger partial charge is 0.176 e. The molecule has 0 spiro atoms. The van der Waals surface area contributed by atoms with Crippen molar-refractivity contribution >= 4 is 0 Å². The Morgan fingerprint density at radius 3 is 2.89 bits per heavy atom. The second-order valence-electron chi connectivity index (χ2n) is 6.56. The SMILES string of the molecule is COCc1nc2n(n1)CC(NCCC(C)(C)C)CC2. The van der Waals surface area contributed by atoms with Crippen LogP contribution in [0.5, 0.6) is 0 Å². The molecule has 0 fully saturated rings. The van der Waals surface area contributed by atoms with Crippen molar-refractivity contribution in [2.75, 3.05) is 13.7 Å². The summed E-state index contributed by atoms with van der Waals surface area (Å²) in [6, 6.07) is 0.520. The fourth-order valence-corrected chi connectivity index (χ4v) is 2.37. The molecule has 19 heavy (non-hydrogen) atoms. The molecule has 0 aliphatic carbocycles. The quantitative estimate of drug-likeness (QED) is 0.882. The van der Waals surface area contributed by atoms with Crippen LogP contribution in [0.3, 0.4) is 0 Å². The van der Waals surface area contributed by atoms with Crippen molar-refractivity contribution in [1.82, 2.24) is 20.1 Å². The summed E-state index contributed by atoms with van der Waals surface area (Å²) in [5.74, 6) is 1.90. The Balaban J connectivity index is 1.84. The lowest BCUT2D eigenvalue weighted by atomic mass is 9.92. The number of nitrogens with one attached hydrogen (secondary N) is 1. The summed E-state index contributed by atoms with van der Waals surface area (Å²) in [7, 11) is 1.68. The first kappa shape index (κ1) is 14.5. The lowest BCUT2D eigenvalue weighted by Crippen LogP contribution is -2.39. The average Bonchev–Trinajstić information content (AvgIpc) is 2.69. The van der Waals surface area contributed by atoms with Gasteiger partial charge in [0.25, 0.3) is 0 Å². The third-order valence-corrected chi connectivity index (χ3v) is 3.48. The number of hydrogen-bond acceptors (Lipinski definition) is 4. The molecule has 2 heterocycles. The van der Waals surface area contributed by atoms with Crippen molar-refractivity contribution in [3.8, 4) is 0 Å². The van der Waals surface area contributed by atoms with E-state index in [4.69, 9.17) is 4.74 Å². The van der Waals surface area contributed by atoms with Crippen LogP contribution in [0, 0.1) is 5.41 Å². The molecule has 5 heteroatoms. The molecule has 0 saturated carbocycles. The highest BCUT2D eigenvalue weighted by Crippen LogP contribution is 2.18. The van der Waals surface area contributed by atoms with Crippen LogP contribution in [-0.2, 0) is 24.3 Å². The van der Waals surface area contributed by atoms with Gasteiger partial charge in [-0.3, -0.25) is 0 Å². The molecule has 0 radical (unpaired) electrons. The topological polar surface area (TPSA) is 52.0 Å². The predicted molar refractivity (Wildman–Crippen MR) is 74.9 cm³/mol. The monoisotopic (exact) mass is 266 g/mol. The van der Waals surface area contributed by atoms with Gasteiger partial charge in [-0.1, -0.05) is 20.8 Å². The summed E-state index contributed by atoms with van der Waals surface area (Å²) in [6.45, 7) is 9.34. The fourth-order valence-electron chi connectivity index (χ4n) is 2.37. The first-order valence-corrected chi connectivity index (χ1v) is 7.13. The van der Waals surface area contributed by atoms with Crippen molar-refractivity contribution in [2.45, 2.75) is 59.2 Å². The third-order valence-electron chi connectivity index (χ3n) is 3.48. The summed E-state index contributed by atoms with van der Waals surface area (Å²) in [5.41, 5.74) is 0.395. The number of aromatic nitrogens is 3. The Bertz CT molecular complexity index is 408. The van der Waals surface area contributed by atoms with Gasteiger partial charge < -0.3 is 10.1 Å². The lowest BCUT2D eigenvalue weighted by Gasteiger charge is -2.25. The van der Waals surface area contributed by atoms with Crippen LogP contribution in [-0.4, -0.2) is 34.5 Å². The number of ether oxygens (including phenoxy) is 1. The van der Waals surface area contributed by atoms with Gasteiger partial charge in [0.2, 0.25) is 0 Å². The van der Waals surface area contributed by atoms with Gasteiger partial charge in [0.05, 0.1) is 6.54 Å². The largest absolute Gasteiger partial charge is 0.377 e. The summed E-state index contributed by atoms with van der Waals surface area (Å²) in [6.07, 6.45) is 3.35. The van der Waals surface area contributed by atoms with Gasteiger partial charge in [-0.25, -0.2) is 9.67 Å². The molecular weight excluding hydrogens is 240 g/mol. The van der Waals surface area contributed by atoms with Gasteiger partial charge in [0.15, 0.2) is 5.82 Å². The Morgan fingerprint density at radius 2 is 2.21 bits per heavy atom. The van der Waals surface area contributed by atoms with Crippen LogP contribution in [0.4, 0.5) is 0 Å². The van der Waals surface area contributed by atoms with Crippen molar-refractivity contribution in [3.63, 3.8) is 0 Å². The van der Waals surface area contributed by atoms with Gasteiger partial charge >= 0.3 is 0 Å². The van der Waals surface area contributed by atoms with Gasteiger partial charge in [-0.05, 0) is 24.8 Å². The van der Waals surface area contributed by atoms with Crippen LogP contribution in [0.2, 0.25) is 0 Å². The summed E-state index contributed by atoms with van der Waals surface area (Å²) in [5, 5.41) is 8.13. The maximum absolute atomic E-state index is 5.08. The normalized spacial score (nSPS) is 19.5. The van der Waals surface area contributed by atoms with E-state index in [2.05, 4.69) is 36.2 Å². The Labute approximate surface area is 115 Å². The minimum Gasteiger partial charge on any atom is -0.377 e. The molecule has 1 aromatic heterocycles. The summed E-state index contributed by atoms with van der Waals surface area (Å²) in [4.78, 5) is 4.49. The minimum absolute atomic E-state index is 0.395. The molecule has 1 N–H and O–H groups in total. The predicted octanol–water partition coefficient (Wildman–Crippen LogP) is 1.77. The number of rotatable bonds is 5. The van der Waals surface area contributed by atoms with Crippen LogP contribution < -0.4 is 5.32 Å². The number of fused-ring (bicyclic) bond motifs is 1. The molecule has 1 unspecified atom stereocenters. The third kappa shape index (κ3) is 4.28. The van der Waals surface area contributed by atoms with E-state index in [1.165, 1.54) is 6.42 Å². The first-order valence-electron chi connectivity index (χ1n) is 7.13. The molecule has 0 bridgehead atoms. The molecule has 1 aliphatic rings. The molecule has 1 aromatic rings. The highest BCUT2D eigenvalue weighted by molar-refractivity contribution is 4.97. The van der Waals surface area contributed by atoms with Gasteiger partial charge in [0.1, 0.15) is 12.4 Å². The minimum atomic E-state index is 0.395. The molecule has 108 valence electrons. The van der Waals surface area contributed by atoms with Gasteiger partial charge in [-0.15, -0.1) is 0 Å². The van der Waals surface area contributed by atoms with E-state index in [1.54, 1.807) is 7.11 Å². The summed E-state index contributed by atoms with van der Waals surface area (Å²) < 4.78 is 7.12. The van der Waals surface area contributed by atoms with Gasteiger partial charge in [-0.2, -0.15) is 5.10 Å². The second kappa shape index (κ2) is 6.01. The molecule has 1 aliphatic heterocycles. The zero-order chi connectivity index (χ0) is 13.9. The summed E-state index contributed by atoms with van der Waals surface area (Å²) >= 11 is 0. The number of methoxy groups -OCH3 is 1. The lowest BCUT2D eigenvalue weighted by molar-refractivity contribution is 0.177. The van der Waals surface area contributed by atoms with E-state index < -0.39 is 0 Å². The van der Waals surface area contributed by atoms with E-state index in [1.807, 2.05) is 4.68 Å². The van der Waals surface area contributed by atoms with E-state index in [0.717, 1.165) is 37.6 Å². The maximum Gasteiger partial charge on any atom is 0.176 e. The maximum atomic E-state index is 5.08. The van der Waals surface area contributed by atoms with Crippen LogP contribution >= 0.6 is 0 Å². The highest BCUT2D eigenvalue weighted by atomic mass is 16.5. The van der Waals surface area contributed by atoms with Crippen molar-refractivity contribution in [3.05, 3.63) is 11.6 Å². The molecule has 2 rings (SSSR count). The average molecular weight is 266 g/mol. The number of aryl methyl sites for hydroxylation is 1. The molecular formula is C14H26N4O. The molecule has 1 atom stereocenters. The standard InChI is InChI=1S/C14H26N4O/c1-14(2,3)7-8-15-11-5-6-13-16-12(10-19-4)17-18(13)9-11/h11,15H,5-10H2,1-4H3. The van der Waals surface area contributed by atoms with Gasteiger partial charge in [0, 0.05) is 19.6 Å². The van der Waals surface area contributed by atoms with Crippen LogP contribution in [0.15, 0.2) is 0 Å². The molecule has 0 amide bonds. The van der Waals surface area contributed by atoms with E-state index in [0.29, 0.717) is 18.1 Å². The first-order chi connectivity index (χ1) is 8.98. The Morgan fingerprint density at radius 1 is 1.42 bits per heavy atom. The zero-order valence-corrected chi connectivity index (χ0v) is 12.6. The van der Waals surface area contributed by atoms with E-state index in [9.17, 15) is 0 Å². The van der Waals surface area contributed by atoms with Crippen LogP contribution in [0.1, 0.15) is 45.3 Å². The van der Waals surface area contributed by atoms with Crippen molar-refractivity contribution in [2.24, 2.45) is 5.41 Å². The molecule has 0 saturated heterocycles. The second-order valence-corrected chi connectivity index (χ2v) is 6.56. The molecule has 5 nitrogen and oxygen atoms in total. The molecule has 0 aromatic carbocycles. The van der Waals surface area contributed by atoms with E-state index >= 15 is 0 Å².